The Labute approximate surface area is 72.5 Å². The van der Waals surface area contributed by atoms with Gasteiger partial charge < -0.3 is 15.8 Å². The highest BCUT2D eigenvalue weighted by molar-refractivity contribution is 5.84. The number of nitrogens with two attached hydrogens (primary N) is 1. The van der Waals surface area contributed by atoms with Crippen molar-refractivity contribution in [2.45, 2.75) is 13.3 Å². The first-order valence-corrected chi connectivity index (χ1v) is 4.31. The quantitative estimate of drug-likeness (QED) is 0.600. The number of hydrogen-bond acceptors (Lipinski definition) is 3. The molecule has 3 N–H and O–H groups in total. The van der Waals surface area contributed by atoms with Crippen molar-refractivity contribution in [3.8, 4) is 0 Å². The summed E-state index contributed by atoms with van der Waals surface area (Å²) in [7, 11) is 0. The molecule has 1 amide bonds. The van der Waals surface area contributed by atoms with Crippen LogP contribution in [0.25, 0.3) is 0 Å². The van der Waals surface area contributed by atoms with Crippen LogP contribution in [0.15, 0.2) is 0 Å². The largest absolute Gasteiger partial charge is 0.379 e. The van der Waals surface area contributed by atoms with Crippen LogP contribution in [0.4, 0.5) is 0 Å². The lowest BCUT2D eigenvalue weighted by Gasteiger charge is -2.38. The molecule has 0 saturated carbocycles. The molecule has 1 heterocycles. The average molecular weight is 172 g/mol. The summed E-state index contributed by atoms with van der Waals surface area (Å²) in [5, 5.41) is 2.83. The molecule has 0 aliphatic carbocycles. The van der Waals surface area contributed by atoms with Crippen molar-refractivity contribution in [2.75, 3.05) is 26.3 Å². The van der Waals surface area contributed by atoms with Crippen molar-refractivity contribution in [3.63, 3.8) is 0 Å². The van der Waals surface area contributed by atoms with Crippen molar-refractivity contribution in [1.82, 2.24) is 5.32 Å². The van der Waals surface area contributed by atoms with E-state index in [0.29, 0.717) is 19.8 Å². The van der Waals surface area contributed by atoms with Gasteiger partial charge in [0.15, 0.2) is 0 Å². The molecule has 4 nitrogen and oxygen atoms in total. The molecule has 0 bridgehead atoms. The molecule has 0 unspecified atom stereocenters. The fourth-order valence-corrected chi connectivity index (χ4v) is 1.12. The minimum atomic E-state index is -0.421. The monoisotopic (exact) mass is 172 g/mol. The van der Waals surface area contributed by atoms with Gasteiger partial charge in [0.25, 0.3) is 0 Å². The van der Waals surface area contributed by atoms with E-state index in [2.05, 4.69) is 5.32 Å². The van der Waals surface area contributed by atoms with E-state index >= 15 is 0 Å². The van der Waals surface area contributed by atoms with Gasteiger partial charge in [0.05, 0.1) is 13.2 Å². The van der Waals surface area contributed by atoms with E-state index in [-0.39, 0.29) is 5.91 Å². The van der Waals surface area contributed by atoms with E-state index in [4.69, 9.17) is 10.5 Å². The Morgan fingerprint density at radius 1 is 1.67 bits per heavy atom. The number of carbonyl (C=O) groups excluding carboxylic acids is 1. The van der Waals surface area contributed by atoms with Gasteiger partial charge in [-0.25, -0.2) is 0 Å². The number of ether oxygens (including phenoxy) is 1. The lowest BCUT2D eigenvalue weighted by molar-refractivity contribution is -0.159. The van der Waals surface area contributed by atoms with E-state index in [9.17, 15) is 4.79 Å². The van der Waals surface area contributed by atoms with Crippen molar-refractivity contribution in [1.29, 1.82) is 0 Å². The molecule has 0 atom stereocenters. The summed E-state index contributed by atoms with van der Waals surface area (Å²) in [4.78, 5) is 11.5. The zero-order valence-corrected chi connectivity index (χ0v) is 7.43. The molecule has 0 aromatic heterocycles. The number of hydrogen-bond donors (Lipinski definition) is 2. The third kappa shape index (κ3) is 1.59. The van der Waals surface area contributed by atoms with Gasteiger partial charge in [0, 0.05) is 13.1 Å². The van der Waals surface area contributed by atoms with E-state index in [1.54, 1.807) is 0 Å². The fraction of sp³-hybridized carbons (Fsp3) is 0.875. The summed E-state index contributed by atoms with van der Waals surface area (Å²) < 4.78 is 4.99. The number of nitrogens with one attached hydrogen (secondary N) is 1. The van der Waals surface area contributed by atoms with Crippen molar-refractivity contribution in [3.05, 3.63) is 0 Å². The SMILES string of the molecule is CCCNC(=O)C1(CN)COC1. The zero-order chi connectivity index (χ0) is 9.03. The maximum atomic E-state index is 11.5. The smallest absolute Gasteiger partial charge is 0.232 e. The molecule has 0 radical (unpaired) electrons. The van der Waals surface area contributed by atoms with Gasteiger partial charge in [0.2, 0.25) is 5.91 Å². The first kappa shape index (κ1) is 9.48. The summed E-state index contributed by atoms with van der Waals surface area (Å²) in [6.45, 7) is 4.06. The standard InChI is InChI=1S/C8H16N2O2/c1-2-3-10-7(11)8(4-9)5-12-6-8/h2-6,9H2,1H3,(H,10,11). The topological polar surface area (TPSA) is 64.4 Å². The molecular weight excluding hydrogens is 156 g/mol. The van der Waals surface area contributed by atoms with Crippen LogP contribution < -0.4 is 11.1 Å². The number of amides is 1. The Morgan fingerprint density at radius 3 is 2.67 bits per heavy atom. The van der Waals surface area contributed by atoms with Crippen molar-refractivity contribution in [2.24, 2.45) is 11.1 Å². The minimum Gasteiger partial charge on any atom is -0.379 e. The molecule has 1 fully saturated rings. The van der Waals surface area contributed by atoms with Crippen LogP contribution in [0.3, 0.4) is 0 Å². The van der Waals surface area contributed by atoms with E-state index in [1.807, 2.05) is 6.92 Å². The van der Waals surface area contributed by atoms with Crippen LogP contribution in [0.5, 0.6) is 0 Å². The van der Waals surface area contributed by atoms with Gasteiger partial charge >= 0.3 is 0 Å². The Kier molecular flexibility index (Phi) is 3.05. The molecule has 4 heteroatoms. The number of rotatable bonds is 4. The van der Waals surface area contributed by atoms with Crippen LogP contribution in [-0.4, -0.2) is 32.2 Å². The highest BCUT2D eigenvalue weighted by atomic mass is 16.5. The maximum absolute atomic E-state index is 11.5. The Bertz CT molecular complexity index is 161. The van der Waals surface area contributed by atoms with Crippen LogP contribution in [0.2, 0.25) is 0 Å². The second-order valence-corrected chi connectivity index (χ2v) is 3.23. The molecule has 1 rings (SSSR count). The predicted molar refractivity (Wildman–Crippen MR) is 45.6 cm³/mol. The Morgan fingerprint density at radius 2 is 2.33 bits per heavy atom. The van der Waals surface area contributed by atoms with E-state index in [1.165, 1.54) is 0 Å². The predicted octanol–water partition coefficient (Wildman–Crippen LogP) is -0.512. The molecule has 0 spiro atoms. The maximum Gasteiger partial charge on any atom is 0.232 e. The zero-order valence-electron chi connectivity index (χ0n) is 7.43. The number of carbonyl (C=O) groups is 1. The normalized spacial score (nSPS) is 19.8. The minimum absolute atomic E-state index is 0.0399. The van der Waals surface area contributed by atoms with Crippen molar-refractivity contribution >= 4 is 5.91 Å². The summed E-state index contributed by atoms with van der Waals surface area (Å²) >= 11 is 0. The molecule has 70 valence electrons. The molecule has 0 aromatic rings. The van der Waals surface area contributed by atoms with E-state index < -0.39 is 5.41 Å². The Hall–Kier alpha value is -0.610. The summed E-state index contributed by atoms with van der Waals surface area (Å²) in [5.74, 6) is 0.0399. The van der Waals surface area contributed by atoms with Crippen LogP contribution in [0, 0.1) is 5.41 Å². The molecule has 1 aliphatic heterocycles. The average Bonchev–Trinajstić information content (AvgIpc) is 2.00. The Balaban J connectivity index is 2.38. The first-order chi connectivity index (χ1) is 5.75. The summed E-state index contributed by atoms with van der Waals surface area (Å²) in [6, 6.07) is 0. The fourth-order valence-electron chi connectivity index (χ4n) is 1.12. The lowest BCUT2D eigenvalue weighted by Crippen LogP contribution is -2.58. The highest BCUT2D eigenvalue weighted by Crippen LogP contribution is 2.25. The van der Waals surface area contributed by atoms with Gasteiger partial charge in [-0.15, -0.1) is 0 Å². The summed E-state index contributed by atoms with van der Waals surface area (Å²) in [6.07, 6.45) is 0.952. The second kappa shape index (κ2) is 3.87. The third-order valence-electron chi connectivity index (χ3n) is 2.16. The van der Waals surface area contributed by atoms with Gasteiger partial charge in [-0.2, -0.15) is 0 Å². The second-order valence-electron chi connectivity index (χ2n) is 3.23. The van der Waals surface area contributed by atoms with E-state index in [0.717, 1.165) is 13.0 Å². The van der Waals surface area contributed by atoms with Crippen LogP contribution >= 0.6 is 0 Å². The molecule has 12 heavy (non-hydrogen) atoms. The molecule has 1 saturated heterocycles. The van der Waals surface area contributed by atoms with Crippen LogP contribution in [-0.2, 0) is 9.53 Å². The molecule has 1 aliphatic rings. The van der Waals surface area contributed by atoms with Gasteiger partial charge in [-0.1, -0.05) is 6.92 Å². The van der Waals surface area contributed by atoms with Crippen LogP contribution in [0.1, 0.15) is 13.3 Å². The first-order valence-electron chi connectivity index (χ1n) is 4.31. The molecule has 0 aromatic carbocycles. The van der Waals surface area contributed by atoms with Gasteiger partial charge in [-0.05, 0) is 6.42 Å². The third-order valence-corrected chi connectivity index (χ3v) is 2.16. The molecular formula is C8H16N2O2. The van der Waals surface area contributed by atoms with Gasteiger partial charge in [0.1, 0.15) is 5.41 Å². The highest BCUT2D eigenvalue weighted by Gasteiger charge is 2.44. The summed E-state index contributed by atoms with van der Waals surface area (Å²) in [5.41, 5.74) is 5.08. The van der Waals surface area contributed by atoms with Gasteiger partial charge in [-0.3, -0.25) is 4.79 Å². The van der Waals surface area contributed by atoms with Crippen molar-refractivity contribution < 1.29 is 9.53 Å². The lowest BCUT2D eigenvalue weighted by atomic mass is 9.85.